The fourth-order valence-electron chi connectivity index (χ4n) is 1.68. The molecule has 0 N–H and O–H groups in total. The van der Waals surface area contributed by atoms with Crippen LogP contribution in [0.2, 0.25) is 5.25 Å². The molecule has 15 heavy (non-hydrogen) atoms. The first-order valence-electron chi connectivity index (χ1n) is 5.90. The fraction of sp³-hybridized carbons (Fsp3) is 1.00. The van der Waals surface area contributed by atoms with Crippen LogP contribution in [0.1, 0.15) is 45.4 Å². The van der Waals surface area contributed by atoms with Crippen LogP contribution in [0.25, 0.3) is 0 Å². The van der Waals surface area contributed by atoms with Gasteiger partial charge in [-0.1, -0.05) is 0 Å². The molecular formula is C11H26GeO3. The number of rotatable bonds is 10. The van der Waals surface area contributed by atoms with Crippen molar-refractivity contribution in [1.82, 2.24) is 0 Å². The van der Waals surface area contributed by atoms with E-state index < -0.39 is 14.3 Å². The van der Waals surface area contributed by atoms with Crippen LogP contribution in [0, 0.1) is 0 Å². The predicted molar refractivity (Wildman–Crippen MR) is 65.0 cm³/mol. The summed E-state index contributed by atoms with van der Waals surface area (Å²) in [6.07, 6.45) is 7.76. The first-order valence-corrected chi connectivity index (χ1v) is 9.95. The monoisotopic (exact) mass is 280 g/mol. The maximum absolute atomic E-state index is 5.41. The molecule has 0 amide bonds. The van der Waals surface area contributed by atoms with Gasteiger partial charge in [0.25, 0.3) is 0 Å². The Morgan fingerprint density at radius 3 is 1.67 bits per heavy atom. The molecule has 0 saturated carbocycles. The van der Waals surface area contributed by atoms with Crippen molar-refractivity contribution in [3.63, 3.8) is 0 Å². The molecule has 4 heteroatoms. The minimum atomic E-state index is -2.80. The average molecular weight is 279 g/mol. The molecule has 0 aromatic heterocycles. The van der Waals surface area contributed by atoms with E-state index >= 15 is 0 Å². The van der Waals surface area contributed by atoms with Gasteiger partial charge in [-0.2, -0.15) is 0 Å². The first-order chi connectivity index (χ1) is 7.24. The van der Waals surface area contributed by atoms with Crippen LogP contribution in [0.4, 0.5) is 0 Å². The van der Waals surface area contributed by atoms with Crippen molar-refractivity contribution in [2.24, 2.45) is 0 Å². The van der Waals surface area contributed by atoms with E-state index in [-0.39, 0.29) is 0 Å². The molecule has 92 valence electrons. The van der Waals surface area contributed by atoms with Crippen molar-refractivity contribution in [1.29, 1.82) is 0 Å². The molecule has 0 aliphatic rings. The molecule has 0 heterocycles. The van der Waals surface area contributed by atoms with Gasteiger partial charge >= 0.3 is 97.6 Å². The molecule has 0 fully saturated rings. The SMILES string of the molecule is CCCCCCC[CH2][Ge]([O]C)([O]C)[O]C. The van der Waals surface area contributed by atoms with E-state index in [9.17, 15) is 0 Å². The van der Waals surface area contributed by atoms with Crippen molar-refractivity contribution in [2.45, 2.75) is 50.7 Å². The van der Waals surface area contributed by atoms with Gasteiger partial charge in [-0.25, -0.2) is 0 Å². The molecule has 0 atom stereocenters. The summed E-state index contributed by atoms with van der Waals surface area (Å²) in [6, 6.07) is 0. The molecule has 0 aromatic carbocycles. The van der Waals surface area contributed by atoms with Gasteiger partial charge in [0.15, 0.2) is 0 Å². The topological polar surface area (TPSA) is 27.7 Å². The summed E-state index contributed by atoms with van der Waals surface area (Å²) in [5.74, 6) is 0. The van der Waals surface area contributed by atoms with Gasteiger partial charge in [0, 0.05) is 0 Å². The van der Waals surface area contributed by atoms with Crippen LogP contribution in [0.5, 0.6) is 0 Å². The summed E-state index contributed by atoms with van der Waals surface area (Å²) in [5.41, 5.74) is 0. The normalized spacial score (nSPS) is 12.0. The molecule has 0 aliphatic carbocycles. The van der Waals surface area contributed by atoms with Crippen LogP contribution in [-0.2, 0) is 11.3 Å². The Morgan fingerprint density at radius 1 is 0.733 bits per heavy atom. The number of unbranched alkanes of at least 4 members (excludes halogenated alkanes) is 5. The maximum atomic E-state index is 5.41. The van der Waals surface area contributed by atoms with Crippen molar-refractivity contribution in [2.75, 3.05) is 21.3 Å². The van der Waals surface area contributed by atoms with Crippen molar-refractivity contribution < 1.29 is 11.3 Å². The van der Waals surface area contributed by atoms with Crippen LogP contribution in [0.15, 0.2) is 0 Å². The molecule has 0 aliphatic heterocycles. The molecule has 0 unspecified atom stereocenters. The van der Waals surface area contributed by atoms with Crippen LogP contribution in [0.3, 0.4) is 0 Å². The Balaban J connectivity index is 3.54. The van der Waals surface area contributed by atoms with E-state index in [1.807, 2.05) is 0 Å². The Morgan fingerprint density at radius 2 is 1.20 bits per heavy atom. The first kappa shape index (κ1) is 15.4. The van der Waals surface area contributed by atoms with E-state index in [0.717, 1.165) is 5.25 Å². The van der Waals surface area contributed by atoms with Gasteiger partial charge in [-0.05, 0) is 0 Å². The zero-order valence-electron chi connectivity index (χ0n) is 10.7. The summed E-state index contributed by atoms with van der Waals surface area (Å²) >= 11 is -2.80. The van der Waals surface area contributed by atoms with E-state index in [4.69, 9.17) is 11.3 Å². The minimum absolute atomic E-state index is 0.982. The predicted octanol–water partition coefficient (Wildman–Crippen LogP) is 3.23. The third kappa shape index (κ3) is 6.56. The summed E-state index contributed by atoms with van der Waals surface area (Å²) < 4.78 is 16.2. The van der Waals surface area contributed by atoms with Crippen molar-refractivity contribution in [3.8, 4) is 0 Å². The van der Waals surface area contributed by atoms with E-state index in [0.29, 0.717) is 0 Å². The molecule has 3 nitrogen and oxygen atoms in total. The Kier molecular flexibility index (Phi) is 9.91. The quantitative estimate of drug-likeness (QED) is 0.454. The molecule has 0 saturated heterocycles. The fourth-order valence-corrected chi connectivity index (χ4v) is 5.44. The van der Waals surface area contributed by atoms with Crippen LogP contribution >= 0.6 is 0 Å². The summed E-state index contributed by atoms with van der Waals surface area (Å²) in [6.45, 7) is 2.24. The second-order valence-corrected chi connectivity index (χ2v) is 10.3. The van der Waals surface area contributed by atoms with Crippen LogP contribution in [-0.4, -0.2) is 35.6 Å². The molecule has 0 rings (SSSR count). The standard InChI is InChI=1S/C11H26GeO3/c1-5-6-7-8-9-10-11-12(13-2,14-3)15-4/h5-11H2,1-4H3. The van der Waals surface area contributed by atoms with E-state index in [1.54, 1.807) is 21.3 Å². The van der Waals surface area contributed by atoms with Crippen molar-refractivity contribution in [3.05, 3.63) is 0 Å². The molecular weight excluding hydrogens is 253 g/mol. The van der Waals surface area contributed by atoms with Gasteiger partial charge in [-0.3, -0.25) is 0 Å². The van der Waals surface area contributed by atoms with Gasteiger partial charge in [-0.15, -0.1) is 0 Å². The number of hydrogen-bond acceptors (Lipinski definition) is 3. The zero-order chi connectivity index (χ0) is 11.6. The molecule has 0 aromatic rings. The second-order valence-electron chi connectivity index (χ2n) is 3.81. The van der Waals surface area contributed by atoms with Gasteiger partial charge in [0.05, 0.1) is 0 Å². The Bertz CT molecular complexity index is 130. The Labute approximate surface area is 97.9 Å². The zero-order valence-corrected chi connectivity index (χ0v) is 12.8. The second kappa shape index (κ2) is 9.63. The van der Waals surface area contributed by atoms with Gasteiger partial charge < -0.3 is 0 Å². The molecule has 0 bridgehead atoms. The van der Waals surface area contributed by atoms with Gasteiger partial charge in [0.1, 0.15) is 0 Å². The summed E-state index contributed by atoms with van der Waals surface area (Å²) in [5, 5.41) is 0.982. The average Bonchev–Trinajstić information content (AvgIpc) is 2.29. The molecule has 0 spiro atoms. The van der Waals surface area contributed by atoms with E-state index in [1.165, 1.54) is 38.5 Å². The third-order valence-electron chi connectivity index (χ3n) is 2.77. The van der Waals surface area contributed by atoms with Crippen LogP contribution < -0.4 is 0 Å². The number of hydrogen-bond donors (Lipinski definition) is 0. The third-order valence-corrected chi connectivity index (χ3v) is 8.71. The van der Waals surface area contributed by atoms with E-state index in [2.05, 4.69) is 6.92 Å². The summed E-state index contributed by atoms with van der Waals surface area (Å²) in [7, 11) is 5.10. The summed E-state index contributed by atoms with van der Waals surface area (Å²) in [4.78, 5) is 0. The van der Waals surface area contributed by atoms with Gasteiger partial charge in [0.2, 0.25) is 0 Å². The molecule has 0 radical (unpaired) electrons. The van der Waals surface area contributed by atoms with Crippen molar-refractivity contribution >= 4 is 14.3 Å². The Hall–Kier alpha value is 0.423.